The predicted molar refractivity (Wildman–Crippen MR) is 105 cm³/mol. The number of carbonyl (C=O) groups excluding carboxylic acids is 1. The molecule has 2 aromatic rings. The summed E-state index contributed by atoms with van der Waals surface area (Å²) in [7, 11) is 3.60. The molecule has 1 fully saturated rings. The molecule has 1 aliphatic heterocycles. The van der Waals surface area contributed by atoms with Gasteiger partial charge in [0.25, 0.3) is 5.91 Å². The molecule has 0 spiro atoms. The van der Waals surface area contributed by atoms with Crippen LogP contribution in [0.3, 0.4) is 0 Å². The van der Waals surface area contributed by atoms with Gasteiger partial charge in [0.05, 0.1) is 11.3 Å². The van der Waals surface area contributed by atoms with Crippen LogP contribution in [-0.2, 0) is 6.54 Å². The molecular weight excluding hydrogens is 322 g/mol. The van der Waals surface area contributed by atoms with Crippen molar-refractivity contribution in [1.82, 2.24) is 14.8 Å². The van der Waals surface area contributed by atoms with E-state index >= 15 is 0 Å². The first kappa shape index (κ1) is 18.6. The Balaban J connectivity index is 1.70. The molecule has 0 unspecified atom stereocenters. The lowest BCUT2D eigenvalue weighted by atomic mass is 9.89. The van der Waals surface area contributed by atoms with Gasteiger partial charge in [-0.15, -0.1) is 0 Å². The number of aryl methyl sites for hydroxylation is 2. The Kier molecular flexibility index (Phi) is 5.72. The van der Waals surface area contributed by atoms with E-state index in [4.69, 9.17) is 4.98 Å². The molecule has 0 radical (unpaired) electrons. The summed E-state index contributed by atoms with van der Waals surface area (Å²) >= 11 is 0. The Morgan fingerprint density at radius 3 is 2.54 bits per heavy atom. The number of amides is 1. The molecule has 1 aliphatic rings. The van der Waals surface area contributed by atoms with Gasteiger partial charge in [-0.25, -0.2) is 0 Å². The van der Waals surface area contributed by atoms with E-state index in [0.717, 1.165) is 49.4 Å². The zero-order valence-electron chi connectivity index (χ0n) is 16.3. The summed E-state index contributed by atoms with van der Waals surface area (Å²) in [6.45, 7) is 7.23. The molecule has 1 aromatic carbocycles. The highest BCUT2D eigenvalue weighted by molar-refractivity contribution is 5.95. The predicted octanol–water partition coefficient (Wildman–Crippen LogP) is 3.78. The van der Waals surface area contributed by atoms with E-state index in [9.17, 15) is 4.79 Å². The Bertz CT molecular complexity index is 777. The van der Waals surface area contributed by atoms with E-state index in [1.807, 2.05) is 19.1 Å². The normalized spacial score (nSPS) is 15.8. The summed E-state index contributed by atoms with van der Waals surface area (Å²) < 4.78 is 0. The molecule has 1 aromatic heterocycles. The van der Waals surface area contributed by atoms with Gasteiger partial charge in [-0.1, -0.05) is 29.8 Å². The summed E-state index contributed by atoms with van der Waals surface area (Å²) in [5, 5.41) is 0. The number of carbonyl (C=O) groups is 1. The Labute approximate surface area is 156 Å². The molecule has 138 valence electrons. The minimum Gasteiger partial charge on any atom is -0.345 e. The van der Waals surface area contributed by atoms with Crippen LogP contribution >= 0.6 is 0 Å². The number of likely N-dealkylation sites (tertiary alicyclic amines) is 1. The summed E-state index contributed by atoms with van der Waals surface area (Å²) in [6, 6.07) is 12.6. The van der Waals surface area contributed by atoms with Gasteiger partial charge in [0.1, 0.15) is 0 Å². The quantitative estimate of drug-likeness (QED) is 0.841. The highest BCUT2D eigenvalue weighted by atomic mass is 16.2. The summed E-state index contributed by atoms with van der Waals surface area (Å²) in [6.07, 6.45) is 2.10. The van der Waals surface area contributed by atoms with Crippen LogP contribution in [0.5, 0.6) is 0 Å². The molecule has 0 aliphatic carbocycles. The fourth-order valence-corrected chi connectivity index (χ4v) is 3.74. The van der Waals surface area contributed by atoms with Crippen LogP contribution in [-0.4, -0.2) is 47.9 Å². The summed E-state index contributed by atoms with van der Waals surface area (Å²) in [5.41, 5.74) is 5.42. The molecule has 3 rings (SSSR count). The second kappa shape index (κ2) is 8.00. The Morgan fingerprint density at radius 2 is 1.88 bits per heavy atom. The first-order chi connectivity index (χ1) is 12.4. The third-order valence-corrected chi connectivity index (χ3v) is 5.16. The number of rotatable bonds is 4. The van der Waals surface area contributed by atoms with Crippen LogP contribution < -0.4 is 0 Å². The molecule has 1 saturated heterocycles. The van der Waals surface area contributed by atoms with Crippen LogP contribution in [0.1, 0.15) is 51.6 Å². The number of benzene rings is 1. The molecule has 0 bridgehead atoms. The zero-order valence-corrected chi connectivity index (χ0v) is 16.3. The summed E-state index contributed by atoms with van der Waals surface area (Å²) in [5.74, 6) is 0.414. The van der Waals surface area contributed by atoms with E-state index in [0.29, 0.717) is 5.92 Å². The summed E-state index contributed by atoms with van der Waals surface area (Å²) in [4.78, 5) is 21.4. The second-order valence-corrected chi connectivity index (χ2v) is 7.62. The highest BCUT2D eigenvalue weighted by Crippen LogP contribution is 2.30. The van der Waals surface area contributed by atoms with Gasteiger partial charge in [-0.3, -0.25) is 14.7 Å². The van der Waals surface area contributed by atoms with Crippen molar-refractivity contribution in [3.8, 4) is 0 Å². The lowest BCUT2D eigenvalue weighted by Crippen LogP contribution is -2.34. The minimum absolute atomic E-state index is 0.0506. The SMILES string of the molecule is Cc1cccc(CN2CCC(c3nc(C)ccc3C(=O)N(C)C)CC2)c1. The molecule has 0 atom stereocenters. The van der Waals surface area contributed by atoms with Gasteiger partial charge in [0.15, 0.2) is 0 Å². The Morgan fingerprint density at radius 1 is 1.15 bits per heavy atom. The third-order valence-electron chi connectivity index (χ3n) is 5.16. The average molecular weight is 351 g/mol. The van der Waals surface area contributed by atoms with Crippen molar-refractivity contribution >= 4 is 5.91 Å². The van der Waals surface area contributed by atoms with E-state index in [2.05, 4.69) is 36.1 Å². The third kappa shape index (κ3) is 4.31. The topological polar surface area (TPSA) is 36.4 Å². The number of hydrogen-bond acceptors (Lipinski definition) is 3. The monoisotopic (exact) mass is 351 g/mol. The molecule has 4 nitrogen and oxygen atoms in total. The lowest BCUT2D eigenvalue weighted by molar-refractivity contribution is 0.0824. The van der Waals surface area contributed by atoms with Crippen molar-refractivity contribution < 1.29 is 4.79 Å². The lowest BCUT2D eigenvalue weighted by Gasteiger charge is -2.32. The van der Waals surface area contributed by atoms with Crippen LogP contribution in [0.4, 0.5) is 0 Å². The van der Waals surface area contributed by atoms with Crippen molar-refractivity contribution in [1.29, 1.82) is 0 Å². The van der Waals surface area contributed by atoms with Crippen molar-refractivity contribution in [2.45, 2.75) is 39.2 Å². The molecular formula is C22H29N3O. The maximum atomic E-state index is 12.5. The number of nitrogens with zero attached hydrogens (tertiary/aromatic N) is 3. The molecule has 2 heterocycles. The number of piperidine rings is 1. The van der Waals surface area contributed by atoms with Gasteiger partial charge in [-0.2, -0.15) is 0 Å². The number of hydrogen-bond donors (Lipinski definition) is 0. The molecule has 26 heavy (non-hydrogen) atoms. The van der Waals surface area contributed by atoms with Crippen molar-refractivity contribution in [3.05, 3.63) is 64.5 Å². The highest BCUT2D eigenvalue weighted by Gasteiger charge is 2.26. The molecule has 4 heteroatoms. The first-order valence-corrected chi connectivity index (χ1v) is 9.41. The van der Waals surface area contributed by atoms with Gasteiger partial charge in [-0.05, 0) is 57.5 Å². The van der Waals surface area contributed by atoms with E-state index < -0.39 is 0 Å². The zero-order chi connectivity index (χ0) is 18.7. The van der Waals surface area contributed by atoms with Crippen molar-refractivity contribution in [3.63, 3.8) is 0 Å². The molecule has 0 saturated carbocycles. The Hall–Kier alpha value is -2.20. The molecule has 0 N–H and O–H groups in total. The average Bonchev–Trinajstić information content (AvgIpc) is 2.62. The number of aromatic nitrogens is 1. The van der Waals surface area contributed by atoms with Crippen molar-refractivity contribution in [2.75, 3.05) is 27.2 Å². The maximum absolute atomic E-state index is 12.5. The van der Waals surface area contributed by atoms with Crippen LogP contribution in [0.25, 0.3) is 0 Å². The van der Waals surface area contributed by atoms with Gasteiger partial charge in [0.2, 0.25) is 0 Å². The van der Waals surface area contributed by atoms with Gasteiger partial charge in [0, 0.05) is 32.3 Å². The van der Waals surface area contributed by atoms with Crippen LogP contribution in [0, 0.1) is 13.8 Å². The maximum Gasteiger partial charge on any atom is 0.255 e. The van der Waals surface area contributed by atoms with Crippen LogP contribution in [0.2, 0.25) is 0 Å². The van der Waals surface area contributed by atoms with E-state index in [-0.39, 0.29) is 5.91 Å². The smallest absolute Gasteiger partial charge is 0.255 e. The largest absolute Gasteiger partial charge is 0.345 e. The van der Waals surface area contributed by atoms with E-state index in [1.54, 1.807) is 19.0 Å². The standard InChI is InChI=1S/C22H29N3O/c1-16-6-5-7-18(14-16)15-25-12-10-19(11-13-25)21-20(22(26)24(3)4)9-8-17(2)23-21/h5-9,14,19H,10-13,15H2,1-4H3. The fraction of sp³-hybridized carbons (Fsp3) is 0.455. The minimum atomic E-state index is 0.0506. The van der Waals surface area contributed by atoms with Gasteiger partial charge < -0.3 is 4.90 Å². The molecule has 1 amide bonds. The van der Waals surface area contributed by atoms with E-state index in [1.165, 1.54) is 11.1 Å². The number of pyridine rings is 1. The van der Waals surface area contributed by atoms with Crippen molar-refractivity contribution in [2.24, 2.45) is 0 Å². The van der Waals surface area contributed by atoms with Gasteiger partial charge >= 0.3 is 0 Å². The second-order valence-electron chi connectivity index (χ2n) is 7.62. The first-order valence-electron chi connectivity index (χ1n) is 9.41. The fourth-order valence-electron chi connectivity index (χ4n) is 3.74. The van der Waals surface area contributed by atoms with Crippen LogP contribution in [0.15, 0.2) is 36.4 Å².